The van der Waals surface area contributed by atoms with Crippen LogP contribution in [0.15, 0.2) is 12.1 Å². The van der Waals surface area contributed by atoms with E-state index in [0.717, 1.165) is 5.56 Å². The second kappa shape index (κ2) is 9.31. The molecule has 0 saturated heterocycles. The van der Waals surface area contributed by atoms with Gasteiger partial charge in [-0.05, 0) is 45.2 Å². The lowest BCUT2D eigenvalue weighted by molar-refractivity contribution is 0.0518. The topological polar surface area (TPSA) is 50.4 Å². The molecule has 142 valence electrons. The number of rotatable bonds is 6. The minimum Gasteiger partial charge on any atom is -0.444 e. The van der Waals surface area contributed by atoms with Crippen LogP contribution in [-0.4, -0.2) is 24.3 Å². The molecular formula is C18H27Cl3N2O2. The van der Waals surface area contributed by atoms with Crippen LogP contribution < -0.4 is 10.6 Å². The lowest BCUT2D eigenvalue weighted by atomic mass is 10.0. The normalized spacial score (nSPS) is 14.3. The molecule has 7 heteroatoms. The first-order chi connectivity index (χ1) is 11.4. The van der Waals surface area contributed by atoms with Crippen LogP contribution in [0.4, 0.5) is 4.79 Å². The molecule has 2 atom stereocenters. The van der Waals surface area contributed by atoms with E-state index in [1.54, 1.807) is 6.07 Å². The third kappa shape index (κ3) is 7.22. The second-order valence-electron chi connectivity index (χ2n) is 7.39. The van der Waals surface area contributed by atoms with Gasteiger partial charge in [-0.15, -0.1) is 0 Å². The number of hydrogen-bond acceptors (Lipinski definition) is 3. The van der Waals surface area contributed by atoms with Crippen LogP contribution in [0.1, 0.15) is 53.1 Å². The predicted molar refractivity (Wildman–Crippen MR) is 106 cm³/mol. The maximum atomic E-state index is 11.9. The molecule has 0 spiro atoms. The van der Waals surface area contributed by atoms with Gasteiger partial charge >= 0.3 is 6.09 Å². The molecular weight excluding hydrogens is 383 g/mol. The molecule has 0 aliphatic heterocycles. The Balaban J connectivity index is 2.75. The van der Waals surface area contributed by atoms with Crippen molar-refractivity contribution in [3.63, 3.8) is 0 Å². The summed E-state index contributed by atoms with van der Waals surface area (Å²) in [6.07, 6.45) is -0.430. The van der Waals surface area contributed by atoms with Crippen molar-refractivity contribution >= 4 is 40.9 Å². The molecule has 2 N–H and O–H groups in total. The van der Waals surface area contributed by atoms with Gasteiger partial charge in [0.15, 0.2) is 0 Å². The average molecular weight is 410 g/mol. The number of nitrogens with one attached hydrogen (secondary N) is 2. The molecule has 1 aromatic carbocycles. The maximum Gasteiger partial charge on any atom is 0.407 e. The summed E-state index contributed by atoms with van der Waals surface area (Å²) in [5.41, 5.74) is 0.338. The van der Waals surface area contributed by atoms with E-state index in [1.165, 1.54) is 0 Å². The van der Waals surface area contributed by atoms with E-state index in [4.69, 9.17) is 39.5 Å². The number of amides is 1. The molecule has 0 aromatic heterocycles. The van der Waals surface area contributed by atoms with Gasteiger partial charge in [-0.1, -0.05) is 54.7 Å². The molecule has 0 saturated carbocycles. The zero-order valence-corrected chi connectivity index (χ0v) is 17.8. The van der Waals surface area contributed by atoms with Gasteiger partial charge in [-0.2, -0.15) is 0 Å². The average Bonchev–Trinajstić information content (AvgIpc) is 2.46. The van der Waals surface area contributed by atoms with E-state index in [-0.39, 0.29) is 12.1 Å². The largest absolute Gasteiger partial charge is 0.444 e. The highest BCUT2D eigenvalue weighted by Crippen LogP contribution is 2.35. The van der Waals surface area contributed by atoms with Crippen LogP contribution in [-0.2, 0) is 4.74 Å². The number of carbonyl (C=O) groups excluding carboxylic acids is 1. The third-order valence-electron chi connectivity index (χ3n) is 3.67. The predicted octanol–water partition coefficient (Wildman–Crippen LogP) is 5.85. The summed E-state index contributed by atoms with van der Waals surface area (Å²) in [6.45, 7) is 12.1. The standard InChI is InChI=1S/C18H27Cl3N2O2/c1-10(2)14(9-22-17(24)25-18(4,5)6)23-11(3)12-7-8-13(19)16(21)15(12)20/h7-8,10-11,14,23H,9H2,1-6H3,(H,22,24). The van der Waals surface area contributed by atoms with Crippen molar-refractivity contribution in [1.29, 1.82) is 0 Å². The van der Waals surface area contributed by atoms with Gasteiger partial charge in [-0.25, -0.2) is 4.79 Å². The Morgan fingerprint density at radius 3 is 2.24 bits per heavy atom. The summed E-state index contributed by atoms with van der Waals surface area (Å²) in [7, 11) is 0. The number of ether oxygens (including phenoxy) is 1. The lowest BCUT2D eigenvalue weighted by Crippen LogP contribution is -2.46. The Hall–Kier alpha value is -0.680. The number of hydrogen-bond donors (Lipinski definition) is 2. The first kappa shape index (κ1) is 22.4. The first-order valence-corrected chi connectivity index (χ1v) is 9.42. The lowest BCUT2D eigenvalue weighted by Gasteiger charge is -2.28. The summed E-state index contributed by atoms with van der Waals surface area (Å²) in [4.78, 5) is 11.9. The number of carbonyl (C=O) groups is 1. The van der Waals surface area contributed by atoms with Gasteiger partial charge in [0.1, 0.15) is 5.60 Å². The number of alkyl carbamates (subject to hydrolysis) is 1. The molecule has 1 amide bonds. The molecule has 0 heterocycles. The molecule has 4 nitrogen and oxygen atoms in total. The SMILES string of the molecule is CC(NC(CNC(=O)OC(C)(C)C)C(C)C)c1ccc(Cl)c(Cl)c1Cl. The van der Waals surface area contributed by atoms with E-state index >= 15 is 0 Å². The highest BCUT2D eigenvalue weighted by molar-refractivity contribution is 6.48. The van der Waals surface area contributed by atoms with Crippen molar-refractivity contribution in [2.24, 2.45) is 5.92 Å². The highest BCUT2D eigenvalue weighted by atomic mass is 35.5. The smallest absolute Gasteiger partial charge is 0.407 e. The summed E-state index contributed by atoms with van der Waals surface area (Å²) in [6, 6.07) is 3.56. The van der Waals surface area contributed by atoms with Crippen LogP contribution in [0, 0.1) is 5.92 Å². The van der Waals surface area contributed by atoms with Gasteiger partial charge in [0.05, 0.1) is 15.1 Å². The van der Waals surface area contributed by atoms with Gasteiger partial charge in [0.2, 0.25) is 0 Å². The Bertz CT molecular complexity index is 601. The Kier molecular flexibility index (Phi) is 8.33. The molecule has 1 rings (SSSR count). The van der Waals surface area contributed by atoms with Gasteiger partial charge in [0.25, 0.3) is 0 Å². The van der Waals surface area contributed by atoms with E-state index in [2.05, 4.69) is 24.5 Å². The number of benzene rings is 1. The van der Waals surface area contributed by atoms with Crippen molar-refractivity contribution in [2.45, 2.75) is 59.2 Å². The fourth-order valence-electron chi connectivity index (χ4n) is 2.28. The van der Waals surface area contributed by atoms with E-state index < -0.39 is 11.7 Å². The second-order valence-corrected chi connectivity index (χ2v) is 8.55. The Morgan fingerprint density at radius 2 is 1.72 bits per heavy atom. The first-order valence-electron chi connectivity index (χ1n) is 8.28. The molecule has 2 unspecified atom stereocenters. The van der Waals surface area contributed by atoms with Gasteiger partial charge < -0.3 is 15.4 Å². The minimum absolute atomic E-state index is 0.0352. The summed E-state index contributed by atoms with van der Waals surface area (Å²) in [5.74, 6) is 0.291. The quantitative estimate of drug-likeness (QED) is 0.580. The van der Waals surface area contributed by atoms with Crippen molar-refractivity contribution < 1.29 is 9.53 Å². The van der Waals surface area contributed by atoms with Crippen molar-refractivity contribution in [1.82, 2.24) is 10.6 Å². The molecule has 0 radical (unpaired) electrons. The van der Waals surface area contributed by atoms with Crippen LogP contribution in [0.25, 0.3) is 0 Å². The molecule has 0 bridgehead atoms. The fraction of sp³-hybridized carbons (Fsp3) is 0.611. The Labute approximate surface area is 165 Å². The summed E-state index contributed by atoms with van der Waals surface area (Å²) < 4.78 is 5.27. The Morgan fingerprint density at radius 1 is 1.12 bits per heavy atom. The third-order valence-corrected chi connectivity index (χ3v) is 4.97. The van der Waals surface area contributed by atoms with Crippen LogP contribution in [0.3, 0.4) is 0 Å². The van der Waals surface area contributed by atoms with Crippen LogP contribution in [0.5, 0.6) is 0 Å². The zero-order valence-electron chi connectivity index (χ0n) is 15.5. The van der Waals surface area contributed by atoms with Gasteiger partial charge in [0, 0.05) is 18.6 Å². The van der Waals surface area contributed by atoms with Crippen LogP contribution in [0.2, 0.25) is 15.1 Å². The fourth-order valence-corrected chi connectivity index (χ4v) is 2.99. The molecule has 1 aromatic rings. The van der Waals surface area contributed by atoms with Crippen molar-refractivity contribution in [3.05, 3.63) is 32.8 Å². The van der Waals surface area contributed by atoms with Crippen molar-refractivity contribution in [2.75, 3.05) is 6.54 Å². The van der Waals surface area contributed by atoms with Crippen molar-refractivity contribution in [3.8, 4) is 0 Å². The minimum atomic E-state index is -0.522. The zero-order chi connectivity index (χ0) is 19.4. The van der Waals surface area contributed by atoms with E-state index in [1.807, 2.05) is 33.8 Å². The van der Waals surface area contributed by atoms with E-state index in [9.17, 15) is 4.79 Å². The monoisotopic (exact) mass is 408 g/mol. The molecule has 0 fully saturated rings. The summed E-state index contributed by atoms with van der Waals surface area (Å²) >= 11 is 18.4. The van der Waals surface area contributed by atoms with Crippen LogP contribution >= 0.6 is 34.8 Å². The molecule has 0 aliphatic carbocycles. The van der Waals surface area contributed by atoms with Gasteiger partial charge in [-0.3, -0.25) is 0 Å². The summed E-state index contributed by atoms with van der Waals surface area (Å²) in [5, 5.41) is 7.51. The maximum absolute atomic E-state index is 11.9. The number of halogens is 3. The molecule has 0 aliphatic rings. The highest BCUT2D eigenvalue weighted by Gasteiger charge is 2.22. The van der Waals surface area contributed by atoms with E-state index in [0.29, 0.717) is 27.5 Å². The molecule has 25 heavy (non-hydrogen) atoms.